The number of aliphatic imine (C=N–C) groups is 1. The summed E-state index contributed by atoms with van der Waals surface area (Å²) in [6, 6.07) is 10.5. The standard InChI is InChI=1S/C24H28N4O2/c1-2-5-21-14-20(16-27-21)18-9-11-19(12-10-18)24-15-23(30-28-24)8-3-6-22(29)7-4-13-26-17-25/h9-12,14-16,21,26H,2-8,13H2,1H3. The van der Waals surface area contributed by atoms with Crippen LogP contribution < -0.4 is 5.32 Å². The first kappa shape index (κ1) is 21.5. The number of rotatable bonds is 12. The topological polar surface area (TPSA) is 91.3 Å². The van der Waals surface area contributed by atoms with Gasteiger partial charge in [-0.15, -0.1) is 0 Å². The lowest BCUT2D eigenvalue weighted by Crippen LogP contribution is -2.09. The Bertz CT molecular complexity index is 935. The summed E-state index contributed by atoms with van der Waals surface area (Å²) >= 11 is 0. The first-order chi connectivity index (χ1) is 14.7. The number of carbonyl (C=O) groups is 1. The van der Waals surface area contributed by atoms with E-state index < -0.39 is 0 Å². The second-order valence-corrected chi connectivity index (χ2v) is 7.55. The van der Waals surface area contributed by atoms with Crippen molar-refractivity contribution in [3.05, 3.63) is 47.7 Å². The lowest BCUT2D eigenvalue weighted by atomic mass is 10.0. The average molecular weight is 405 g/mol. The minimum atomic E-state index is 0.219. The van der Waals surface area contributed by atoms with Gasteiger partial charge < -0.3 is 9.84 Å². The van der Waals surface area contributed by atoms with E-state index in [1.165, 1.54) is 5.57 Å². The number of allylic oxidation sites excluding steroid dienone is 1. The first-order valence-corrected chi connectivity index (χ1v) is 10.6. The number of nitriles is 1. The molecule has 0 bridgehead atoms. The van der Waals surface area contributed by atoms with E-state index in [-0.39, 0.29) is 5.78 Å². The molecule has 0 saturated carbocycles. The minimum Gasteiger partial charge on any atom is -0.361 e. The van der Waals surface area contributed by atoms with Crippen molar-refractivity contribution in [1.82, 2.24) is 10.5 Å². The number of aromatic nitrogens is 1. The van der Waals surface area contributed by atoms with Gasteiger partial charge in [-0.2, -0.15) is 5.26 Å². The molecule has 6 nitrogen and oxygen atoms in total. The molecular formula is C24H28N4O2. The summed E-state index contributed by atoms with van der Waals surface area (Å²) in [5, 5.41) is 15.1. The van der Waals surface area contributed by atoms with Crippen LogP contribution in [0.1, 0.15) is 56.8 Å². The van der Waals surface area contributed by atoms with Gasteiger partial charge in [-0.05, 0) is 30.4 Å². The van der Waals surface area contributed by atoms with Crippen molar-refractivity contribution in [2.45, 2.75) is 57.9 Å². The normalized spacial score (nSPS) is 15.1. The molecule has 2 aromatic rings. The maximum atomic E-state index is 11.8. The highest BCUT2D eigenvalue weighted by Gasteiger charge is 2.12. The Labute approximate surface area is 177 Å². The van der Waals surface area contributed by atoms with Crippen molar-refractivity contribution in [3.8, 4) is 17.5 Å². The summed E-state index contributed by atoms with van der Waals surface area (Å²) in [5.74, 6) is 1.01. The summed E-state index contributed by atoms with van der Waals surface area (Å²) in [6.45, 7) is 2.73. The van der Waals surface area contributed by atoms with Gasteiger partial charge in [0.05, 0.1) is 6.04 Å². The van der Waals surface area contributed by atoms with Gasteiger partial charge in [0.1, 0.15) is 17.2 Å². The Hall–Kier alpha value is -3.20. The summed E-state index contributed by atoms with van der Waals surface area (Å²) in [7, 11) is 0. The third-order valence-corrected chi connectivity index (χ3v) is 5.15. The van der Waals surface area contributed by atoms with Crippen LogP contribution in [0, 0.1) is 11.5 Å². The van der Waals surface area contributed by atoms with Gasteiger partial charge in [0, 0.05) is 43.7 Å². The predicted molar refractivity (Wildman–Crippen MR) is 118 cm³/mol. The number of aryl methyl sites for hydroxylation is 1. The molecule has 1 unspecified atom stereocenters. The minimum absolute atomic E-state index is 0.219. The van der Waals surface area contributed by atoms with Crippen LogP contribution >= 0.6 is 0 Å². The first-order valence-electron chi connectivity index (χ1n) is 10.6. The number of Topliss-reactive ketones (excluding diaryl/α,β-unsaturated/α-hetero) is 1. The second kappa shape index (κ2) is 11.1. The van der Waals surface area contributed by atoms with E-state index in [4.69, 9.17) is 9.78 Å². The zero-order valence-corrected chi connectivity index (χ0v) is 17.4. The van der Waals surface area contributed by atoms with Crippen LogP contribution in [-0.2, 0) is 11.2 Å². The van der Waals surface area contributed by atoms with E-state index in [0.717, 1.165) is 41.8 Å². The second-order valence-electron chi connectivity index (χ2n) is 7.55. The molecule has 156 valence electrons. The van der Waals surface area contributed by atoms with E-state index in [9.17, 15) is 4.79 Å². The molecular weight excluding hydrogens is 376 g/mol. The molecule has 0 saturated heterocycles. The van der Waals surface area contributed by atoms with Gasteiger partial charge in [0.25, 0.3) is 0 Å². The molecule has 30 heavy (non-hydrogen) atoms. The van der Waals surface area contributed by atoms with E-state index in [1.54, 1.807) is 0 Å². The molecule has 1 N–H and O–H groups in total. The third kappa shape index (κ3) is 6.15. The quantitative estimate of drug-likeness (QED) is 0.314. The lowest BCUT2D eigenvalue weighted by molar-refractivity contribution is -0.119. The number of ketones is 1. The van der Waals surface area contributed by atoms with Crippen molar-refractivity contribution in [1.29, 1.82) is 5.26 Å². The fourth-order valence-corrected chi connectivity index (χ4v) is 3.51. The van der Waals surface area contributed by atoms with Gasteiger partial charge in [-0.1, -0.05) is 48.8 Å². The van der Waals surface area contributed by atoms with Crippen molar-refractivity contribution >= 4 is 17.6 Å². The van der Waals surface area contributed by atoms with Crippen molar-refractivity contribution in [2.24, 2.45) is 4.99 Å². The van der Waals surface area contributed by atoms with Gasteiger partial charge in [-0.25, -0.2) is 0 Å². The van der Waals surface area contributed by atoms with Crippen LogP contribution in [0.5, 0.6) is 0 Å². The summed E-state index contributed by atoms with van der Waals surface area (Å²) in [6.07, 6.45) is 11.4. The van der Waals surface area contributed by atoms with Crippen LogP contribution in [0.25, 0.3) is 16.8 Å². The van der Waals surface area contributed by atoms with Gasteiger partial charge >= 0.3 is 0 Å². The molecule has 1 aliphatic rings. The highest BCUT2D eigenvalue weighted by molar-refractivity contribution is 6.11. The molecule has 1 atom stereocenters. The van der Waals surface area contributed by atoms with Crippen molar-refractivity contribution in [2.75, 3.05) is 6.54 Å². The van der Waals surface area contributed by atoms with Gasteiger partial charge in [0.15, 0.2) is 6.19 Å². The molecule has 0 radical (unpaired) electrons. The molecule has 0 amide bonds. The molecule has 1 aliphatic heterocycles. The lowest BCUT2D eigenvalue weighted by Gasteiger charge is -2.02. The molecule has 2 heterocycles. The maximum Gasteiger partial charge on any atom is 0.176 e. The Morgan fingerprint density at radius 1 is 1.20 bits per heavy atom. The zero-order valence-electron chi connectivity index (χ0n) is 17.4. The number of hydrogen-bond acceptors (Lipinski definition) is 6. The number of hydrogen-bond donors (Lipinski definition) is 1. The number of benzene rings is 1. The van der Waals surface area contributed by atoms with Gasteiger partial charge in [0.2, 0.25) is 0 Å². The number of carbonyl (C=O) groups excluding carboxylic acids is 1. The van der Waals surface area contributed by atoms with Gasteiger partial charge in [-0.3, -0.25) is 9.79 Å². The summed E-state index contributed by atoms with van der Waals surface area (Å²) in [5.41, 5.74) is 4.15. The molecule has 0 spiro atoms. The van der Waals surface area contributed by atoms with E-state index in [1.807, 2.05) is 18.5 Å². The molecule has 0 fully saturated rings. The third-order valence-electron chi connectivity index (χ3n) is 5.15. The van der Waals surface area contributed by atoms with E-state index >= 15 is 0 Å². The smallest absolute Gasteiger partial charge is 0.176 e. The molecule has 3 rings (SSSR count). The van der Waals surface area contributed by atoms with Crippen LogP contribution in [0.4, 0.5) is 0 Å². The summed E-state index contributed by atoms with van der Waals surface area (Å²) in [4.78, 5) is 16.4. The Kier molecular flexibility index (Phi) is 7.96. The van der Waals surface area contributed by atoms with E-state index in [0.29, 0.717) is 38.3 Å². The highest BCUT2D eigenvalue weighted by Crippen LogP contribution is 2.25. The number of nitrogens with one attached hydrogen (secondary N) is 1. The largest absolute Gasteiger partial charge is 0.361 e. The Balaban J connectivity index is 1.48. The summed E-state index contributed by atoms with van der Waals surface area (Å²) < 4.78 is 5.45. The van der Waals surface area contributed by atoms with Crippen LogP contribution in [0.2, 0.25) is 0 Å². The SMILES string of the molecule is CCCC1C=C(c2ccc(-c3cc(CCCC(=O)CCCNC#N)on3)cc2)C=N1. The molecule has 1 aromatic heterocycles. The zero-order chi connectivity index (χ0) is 21.2. The van der Waals surface area contributed by atoms with Crippen LogP contribution in [0.3, 0.4) is 0 Å². The van der Waals surface area contributed by atoms with Crippen molar-refractivity contribution in [3.63, 3.8) is 0 Å². The Morgan fingerprint density at radius 3 is 2.73 bits per heavy atom. The molecule has 1 aromatic carbocycles. The average Bonchev–Trinajstić information content (AvgIpc) is 3.42. The number of nitrogens with zero attached hydrogens (tertiary/aromatic N) is 3. The fraction of sp³-hybridized carbons (Fsp3) is 0.417. The highest BCUT2D eigenvalue weighted by atomic mass is 16.5. The van der Waals surface area contributed by atoms with E-state index in [2.05, 4.69) is 52.7 Å². The maximum absolute atomic E-state index is 11.8. The van der Waals surface area contributed by atoms with Crippen LogP contribution in [-0.4, -0.2) is 29.7 Å². The van der Waals surface area contributed by atoms with Crippen LogP contribution in [0.15, 0.2) is 45.9 Å². The molecule has 0 aliphatic carbocycles. The fourth-order valence-electron chi connectivity index (χ4n) is 3.51. The predicted octanol–water partition coefficient (Wildman–Crippen LogP) is 4.72. The Morgan fingerprint density at radius 2 is 1.97 bits per heavy atom. The van der Waals surface area contributed by atoms with Crippen molar-refractivity contribution < 1.29 is 9.32 Å². The molecule has 6 heteroatoms. The monoisotopic (exact) mass is 404 g/mol.